The molecule has 4 rings (SSSR count). The van der Waals surface area contributed by atoms with Crippen molar-refractivity contribution in [3.8, 4) is 11.5 Å². The first-order valence-electron chi connectivity index (χ1n) is 9.75. The van der Waals surface area contributed by atoms with E-state index in [-0.39, 0.29) is 23.2 Å². The zero-order valence-corrected chi connectivity index (χ0v) is 17.2. The molecule has 0 bridgehead atoms. The fourth-order valence-electron chi connectivity index (χ4n) is 3.03. The Balaban J connectivity index is 0.000000181. The van der Waals surface area contributed by atoms with Crippen LogP contribution in [0.5, 0.6) is 11.5 Å². The van der Waals surface area contributed by atoms with Gasteiger partial charge in [-0.2, -0.15) is 0 Å². The van der Waals surface area contributed by atoms with Crippen LogP contribution >= 0.6 is 0 Å². The highest BCUT2D eigenvalue weighted by Crippen LogP contribution is 2.34. The molecule has 0 saturated heterocycles. The van der Waals surface area contributed by atoms with Gasteiger partial charge in [-0.15, -0.1) is 0 Å². The number of nitrogens with one attached hydrogen (secondary N) is 2. The van der Waals surface area contributed by atoms with Crippen molar-refractivity contribution in [3.63, 3.8) is 0 Å². The predicted octanol–water partition coefficient (Wildman–Crippen LogP) is 3.41. The summed E-state index contributed by atoms with van der Waals surface area (Å²) in [7, 11) is 0. The maximum Gasteiger partial charge on any atom is 0.273 e. The third-order valence-corrected chi connectivity index (χ3v) is 4.73. The number of rotatable bonds is 4. The number of benzene rings is 2. The molecule has 2 heterocycles. The molecule has 0 aliphatic carbocycles. The predicted molar refractivity (Wildman–Crippen MR) is 113 cm³/mol. The van der Waals surface area contributed by atoms with E-state index in [1.807, 2.05) is 13.8 Å². The van der Waals surface area contributed by atoms with Crippen molar-refractivity contribution in [2.75, 3.05) is 10.6 Å². The maximum absolute atomic E-state index is 11.5. The Morgan fingerprint density at radius 2 is 1.28 bits per heavy atom. The average molecular weight is 444 g/mol. The van der Waals surface area contributed by atoms with Gasteiger partial charge in [0.1, 0.15) is 5.75 Å². The molecule has 2 aliphatic rings. The second-order valence-corrected chi connectivity index (χ2v) is 6.88. The number of fused-ring (bicyclic) bond motifs is 2. The molecule has 2 aromatic carbocycles. The molecule has 168 valence electrons. The Kier molecular flexibility index (Phi) is 6.52. The van der Waals surface area contributed by atoms with Crippen molar-refractivity contribution >= 4 is 34.6 Å². The van der Waals surface area contributed by atoms with E-state index in [2.05, 4.69) is 10.6 Å². The number of nitrogens with zero attached hydrogens (tertiary/aromatic N) is 2. The van der Waals surface area contributed by atoms with Crippen LogP contribution in [0.15, 0.2) is 36.4 Å². The van der Waals surface area contributed by atoms with Gasteiger partial charge in [-0.3, -0.25) is 29.8 Å². The van der Waals surface area contributed by atoms with Gasteiger partial charge < -0.3 is 20.1 Å². The molecule has 12 nitrogen and oxygen atoms in total. The van der Waals surface area contributed by atoms with Crippen LogP contribution in [0, 0.1) is 20.2 Å². The number of ether oxygens (including phenoxy) is 2. The first-order chi connectivity index (χ1) is 15.2. The molecule has 2 amide bonds. The van der Waals surface area contributed by atoms with Crippen LogP contribution in [-0.4, -0.2) is 33.9 Å². The largest absolute Gasteiger partial charge is 0.478 e. The molecule has 2 unspecified atom stereocenters. The summed E-state index contributed by atoms with van der Waals surface area (Å²) in [5, 5.41) is 26.3. The molecular formula is C20H20N4O8. The van der Waals surface area contributed by atoms with Crippen molar-refractivity contribution in [1.29, 1.82) is 0 Å². The van der Waals surface area contributed by atoms with Crippen LogP contribution < -0.4 is 20.1 Å². The first kappa shape index (κ1) is 22.5. The average Bonchev–Trinajstić information content (AvgIpc) is 2.77. The highest BCUT2D eigenvalue weighted by Gasteiger charge is 2.28. The Hall–Kier alpha value is -4.22. The molecule has 2 aliphatic heterocycles. The Morgan fingerprint density at radius 1 is 0.781 bits per heavy atom. The Morgan fingerprint density at radius 3 is 1.84 bits per heavy atom. The van der Waals surface area contributed by atoms with Crippen LogP contribution in [0.2, 0.25) is 0 Å². The smallest absolute Gasteiger partial charge is 0.273 e. The lowest BCUT2D eigenvalue weighted by atomic mass is 10.1. The molecule has 2 atom stereocenters. The van der Waals surface area contributed by atoms with Gasteiger partial charge >= 0.3 is 0 Å². The minimum absolute atomic E-state index is 0.0512. The topological polar surface area (TPSA) is 163 Å². The van der Waals surface area contributed by atoms with E-state index in [1.54, 1.807) is 0 Å². The highest BCUT2D eigenvalue weighted by atomic mass is 16.6. The van der Waals surface area contributed by atoms with Crippen LogP contribution in [0.1, 0.15) is 26.7 Å². The summed E-state index contributed by atoms with van der Waals surface area (Å²) in [6.07, 6.45) is -0.0144. The normalized spacial score (nSPS) is 18.3. The number of nitro benzene ring substituents is 2. The van der Waals surface area contributed by atoms with Crippen LogP contribution in [0.3, 0.4) is 0 Å². The van der Waals surface area contributed by atoms with E-state index in [0.29, 0.717) is 35.7 Å². The molecule has 0 radical (unpaired) electrons. The zero-order valence-electron chi connectivity index (χ0n) is 17.2. The van der Waals surface area contributed by atoms with E-state index in [1.165, 1.54) is 36.4 Å². The number of carbonyl (C=O) groups excluding carboxylic acids is 2. The number of hydrogen-bond donors (Lipinski definition) is 2. The summed E-state index contributed by atoms with van der Waals surface area (Å²) in [5.74, 6) is 0.331. The summed E-state index contributed by atoms with van der Waals surface area (Å²) in [6, 6.07) is 8.25. The van der Waals surface area contributed by atoms with Crippen molar-refractivity contribution in [2.45, 2.75) is 38.9 Å². The molecule has 0 aromatic heterocycles. The van der Waals surface area contributed by atoms with Gasteiger partial charge in [0.25, 0.3) is 23.2 Å². The van der Waals surface area contributed by atoms with E-state index >= 15 is 0 Å². The lowest BCUT2D eigenvalue weighted by Gasteiger charge is -2.24. The van der Waals surface area contributed by atoms with Crippen molar-refractivity contribution in [3.05, 3.63) is 56.6 Å². The number of carbonyl (C=O) groups is 2. The number of anilines is 2. The standard InChI is InChI=1S/2C10H10N2O4/c1-2-8-10(13)11-7-5-6(12(14)15)3-4-9(7)16-8;1-2-8-10(13)11-7-4-3-6(12(14)15)5-9(7)16-8/h2*3-5,8H,2H2,1H3,(H,11,13). The third kappa shape index (κ3) is 4.74. The molecule has 12 heteroatoms. The van der Waals surface area contributed by atoms with Gasteiger partial charge in [-0.05, 0) is 25.0 Å². The monoisotopic (exact) mass is 444 g/mol. The van der Waals surface area contributed by atoms with Gasteiger partial charge in [0, 0.05) is 18.2 Å². The van der Waals surface area contributed by atoms with E-state index in [0.717, 1.165) is 0 Å². The van der Waals surface area contributed by atoms with Gasteiger partial charge in [-0.25, -0.2) is 0 Å². The van der Waals surface area contributed by atoms with Crippen LogP contribution in [-0.2, 0) is 9.59 Å². The Bertz CT molecular complexity index is 1090. The lowest BCUT2D eigenvalue weighted by molar-refractivity contribution is -0.385. The summed E-state index contributed by atoms with van der Waals surface area (Å²) in [6.45, 7) is 3.65. The van der Waals surface area contributed by atoms with E-state index in [4.69, 9.17) is 9.47 Å². The minimum atomic E-state index is -0.575. The summed E-state index contributed by atoms with van der Waals surface area (Å²) >= 11 is 0. The molecule has 0 saturated carbocycles. The van der Waals surface area contributed by atoms with Gasteiger partial charge in [-0.1, -0.05) is 13.8 Å². The number of hydrogen-bond acceptors (Lipinski definition) is 8. The molecule has 2 aromatic rings. The molecule has 2 N–H and O–H groups in total. The Labute approximate surface area is 181 Å². The number of non-ortho nitro benzene ring substituents is 2. The quantitative estimate of drug-likeness (QED) is 0.535. The fraction of sp³-hybridized carbons (Fsp3) is 0.300. The van der Waals surface area contributed by atoms with Crippen molar-refractivity contribution in [1.82, 2.24) is 0 Å². The van der Waals surface area contributed by atoms with Crippen LogP contribution in [0.25, 0.3) is 0 Å². The SMILES string of the molecule is CCC1Oc2cc([N+](=O)[O-])ccc2NC1=O.CCC1Oc2ccc([N+](=O)[O-])cc2NC1=O. The number of nitro groups is 2. The van der Waals surface area contributed by atoms with Crippen molar-refractivity contribution < 1.29 is 28.9 Å². The summed E-state index contributed by atoms with van der Waals surface area (Å²) in [5.41, 5.74) is 0.701. The number of amides is 2. The maximum atomic E-state index is 11.5. The summed E-state index contributed by atoms with van der Waals surface area (Å²) in [4.78, 5) is 43.0. The lowest BCUT2D eigenvalue weighted by Crippen LogP contribution is -2.36. The minimum Gasteiger partial charge on any atom is -0.478 e. The van der Waals surface area contributed by atoms with Crippen LogP contribution in [0.4, 0.5) is 22.7 Å². The molecule has 0 fully saturated rings. The fourth-order valence-corrected chi connectivity index (χ4v) is 3.03. The highest BCUT2D eigenvalue weighted by molar-refractivity contribution is 5.98. The van der Waals surface area contributed by atoms with Crippen molar-refractivity contribution in [2.24, 2.45) is 0 Å². The van der Waals surface area contributed by atoms with Gasteiger partial charge in [0.2, 0.25) is 0 Å². The second-order valence-electron chi connectivity index (χ2n) is 6.88. The van der Waals surface area contributed by atoms with Gasteiger partial charge in [0.15, 0.2) is 18.0 Å². The second kappa shape index (κ2) is 9.29. The third-order valence-electron chi connectivity index (χ3n) is 4.73. The molecule has 0 spiro atoms. The van der Waals surface area contributed by atoms with E-state index in [9.17, 15) is 29.8 Å². The molecule has 32 heavy (non-hydrogen) atoms. The molecular weight excluding hydrogens is 424 g/mol. The first-order valence-corrected chi connectivity index (χ1v) is 9.75. The van der Waals surface area contributed by atoms with Gasteiger partial charge in [0.05, 0.1) is 27.3 Å². The zero-order chi connectivity index (χ0) is 23.4. The van der Waals surface area contributed by atoms with E-state index < -0.39 is 22.1 Å². The summed E-state index contributed by atoms with van der Waals surface area (Å²) < 4.78 is 10.8.